The van der Waals surface area contributed by atoms with Gasteiger partial charge >= 0.3 is 0 Å². The molecule has 1 unspecified atom stereocenters. The molecule has 0 aliphatic carbocycles. The highest BCUT2D eigenvalue weighted by Gasteiger charge is 2.42. The minimum atomic E-state index is -3.95. The Kier molecular flexibility index (Phi) is 6.62. The molecule has 1 fully saturated rings. The lowest BCUT2D eigenvalue weighted by Gasteiger charge is -2.31. The number of amidine groups is 1. The molecule has 1 atom stereocenters. The summed E-state index contributed by atoms with van der Waals surface area (Å²) < 4.78 is 58.5. The fraction of sp³-hybridized carbons (Fsp3) is 0.240. The maximum Gasteiger partial charge on any atom is 0.283 e. The van der Waals surface area contributed by atoms with E-state index in [0.717, 1.165) is 16.7 Å². The van der Waals surface area contributed by atoms with Crippen LogP contribution in [0.2, 0.25) is 0 Å². The van der Waals surface area contributed by atoms with Crippen molar-refractivity contribution in [2.24, 2.45) is 4.40 Å². The van der Waals surface area contributed by atoms with Crippen LogP contribution >= 0.6 is 0 Å². The lowest BCUT2D eigenvalue weighted by Crippen LogP contribution is -2.37. The number of rotatable bonds is 5. The first-order chi connectivity index (χ1) is 16.1. The van der Waals surface area contributed by atoms with Crippen LogP contribution in [0, 0.1) is 13.8 Å². The predicted molar refractivity (Wildman–Crippen MR) is 132 cm³/mol. The van der Waals surface area contributed by atoms with Gasteiger partial charge in [0.1, 0.15) is 12.0 Å². The van der Waals surface area contributed by atoms with Gasteiger partial charge in [0, 0.05) is 13.1 Å². The summed E-state index contributed by atoms with van der Waals surface area (Å²) in [5, 5.41) is 0. The number of aryl methyl sites for hydroxylation is 2. The van der Waals surface area contributed by atoms with Gasteiger partial charge in [0.25, 0.3) is 10.0 Å². The van der Waals surface area contributed by atoms with Crippen molar-refractivity contribution in [3.05, 3.63) is 95.6 Å². The molecular weight excluding hydrogens is 470 g/mol. The summed E-state index contributed by atoms with van der Waals surface area (Å²) in [6, 6.07) is 22.4. The molecule has 0 aromatic heterocycles. The van der Waals surface area contributed by atoms with Gasteiger partial charge in [-0.2, -0.15) is 12.7 Å². The highest BCUT2D eigenvalue weighted by molar-refractivity contribution is 7.90. The van der Waals surface area contributed by atoms with E-state index < -0.39 is 26.2 Å². The summed E-state index contributed by atoms with van der Waals surface area (Å²) in [5.74, 6) is 0.232. The second-order valence-electron chi connectivity index (χ2n) is 8.33. The molecule has 3 aromatic rings. The lowest BCUT2D eigenvalue weighted by atomic mass is 10.1. The summed E-state index contributed by atoms with van der Waals surface area (Å²) >= 11 is 0. The van der Waals surface area contributed by atoms with Crippen molar-refractivity contribution in [2.45, 2.75) is 36.7 Å². The Morgan fingerprint density at radius 1 is 0.765 bits per heavy atom. The third kappa shape index (κ3) is 4.77. The molecule has 1 aliphatic heterocycles. The molecule has 0 spiro atoms. The molecule has 1 saturated heterocycles. The van der Waals surface area contributed by atoms with Gasteiger partial charge in [-0.3, -0.25) is 0 Å². The summed E-state index contributed by atoms with van der Waals surface area (Å²) in [4.78, 5) is 2.02. The third-order valence-corrected chi connectivity index (χ3v) is 9.08. The molecule has 34 heavy (non-hydrogen) atoms. The van der Waals surface area contributed by atoms with Gasteiger partial charge in [-0.1, -0.05) is 65.7 Å². The summed E-state index contributed by atoms with van der Waals surface area (Å²) in [5.41, 5.74) is 2.64. The molecule has 4 rings (SSSR count). The number of sulfonamides is 2. The van der Waals surface area contributed by atoms with Crippen molar-refractivity contribution < 1.29 is 16.8 Å². The van der Waals surface area contributed by atoms with Crippen LogP contribution in [-0.4, -0.2) is 45.0 Å². The molecule has 178 valence electrons. The van der Waals surface area contributed by atoms with Crippen LogP contribution in [0.15, 0.2) is 93.1 Å². The zero-order chi connectivity index (χ0) is 24.5. The smallest absolute Gasteiger partial charge is 0.283 e. The van der Waals surface area contributed by atoms with Gasteiger partial charge in [-0.25, -0.2) is 8.42 Å². The quantitative estimate of drug-likeness (QED) is 0.391. The van der Waals surface area contributed by atoms with Crippen molar-refractivity contribution >= 4 is 25.9 Å². The SMILES string of the molecule is CC(=NS(=O)(=O)c1ccc(C)cc1)N1CCN(S(=O)(=O)c2ccc(C)cc2)C1c1ccccc1. The Balaban J connectivity index is 1.75. The average molecular weight is 498 g/mol. The number of hydrogen-bond donors (Lipinski definition) is 0. The molecule has 9 heteroatoms. The first kappa shape index (κ1) is 24.1. The molecule has 0 radical (unpaired) electrons. The Labute approximate surface area is 201 Å². The van der Waals surface area contributed by atoms with Crippen molar-refractivity contribution in [2.75, 3.05) is 13.1 Å². The largest absolute Gasteiger partial charge is 0.337 e. The van der Waals surface area contributed by atoms with Crippen LogP contribution in [0.3, 0.4) is 0 Å². The zero-order valence-corrected chi connectivity index (χ0v) is 20.9. The Morgan fingerprint density at radius 3 is 1.85 bits per heavy atom. The maximum atomic E-state index is 13.6. The predicted octanol–water partition coefficient (Wildman–Crippen LogP) is 4.12. The van der Waals surface area contributed by atoms with E-state index in [1.54, 1.807) is 48.2 Å². The molecular formula is C25H27N3O4S2. The minimum absolute atomic E-state index is 0.0945. The molecule has 1 heterocycles. The van der Waals surface area contributed by atoms with Gasteiger partial charge < -0.3 is 4.90 Å². The molecule has 7 nitrogen and oxygen atoms in total. The van der Waals surface area contributed by atoms with E-state index in [-0.39, 0.29) is 22.2 Å². The molecule has 0 bridgehead atoms. The Morgan fingerprint density at radius 2 is 1.29 bits per heavy atom. The normalized spacial score (nSPS) is 17.8. The molecule has 0 saturated carbocycles. The molecule has 0 amide bonds. The van der Waals surface area contributed by atoms with Crippen molar-refractivity contribution in [3.63, 3.8) is 0 Å². The summed E-state index contributed by atoms with van der Waals surface area (Å²) in [6.07, 6.45) is -0.718. The van der Waals surface area contributed by atoms with E-state index in [9.17, 15) is 16.8 Å². The fourth-order valence-corrected chi connectivity index (χ4v) is 6.61. The third-order valence-electron chi connectivity index (χ3n) is 5.84. The summed E-state index contributed by atoms with van der Waals surface area (Å²) in [6.45, 7) is 5.89. The second kappa shape index (κ2) is 9.32. The Hall–Kier alpha value is -3.01. The van der Waals surface area contributed by atoms with Gasteiger partial charge in [0.05, 0.1) is 9.79 Å². The second-order valence-corrected chi connectivity index (χ2v) is 11.8. The van der Waals surface area contributed by atoms with Crippen LogP contribution in [0.25, 0.3) is 0 Å². The molecule has 1 aliphatic rings. The van der Waals surface area contributed by atoms with Crippen LogP contribution < -0.4 is 0 Å². The van der Waals surface area contributed by atoms with E-state index in [1.807, 2.05) is 44.2 Å². The molecule has 0 N–H and O–H groups in total. The van der Waals surface area contributed by atoms with Crippen LogP contribution in [0.5, 0.6) is 0 Å². The van der Waals surface area contributed by atoms with E-state index in [4.69, 9.17) is 0 Å². The van der Waals surface area contributed by atoms with Crippen molar-refractivity contribution in [1.29, 1.82) is 0 Å². The minimum Gasteiger partial charge on any atom is -0.337 e. The monoisotopic (exact) mass is 497 g/mol. The standard InChI is InChI=1S/C25H27N3O4S2/c1-19-9-13-23(14-10-19)33(29,30)26-21(3)27-17-18-28(25(27)22-7-5-4-6-8-22)34(31,32)24-15-11-20(2)12-16-24/h4-16,25H,17-18H2,1-3H3. The number of nitrogens with zero attached hydrogens (tertiary/aromatic N) is 3. The van der Waals surface area contributed by atoms with Crippen molar-refractivity contribution in [1.82, 2.24) is 9.21 Å². The van der Waals surface area contributed by atoms with Gasteiger partial charge in [-0.15, -0.1) is 4.40 Å². The van der Waals surface area contributed by atoms with Crippen LogP contribution in [-0.2, 0) is 20.0 Å². The fourth-order valence-electron chi connectivity index (χ4n) is 4.00. The highest BCUT2D eigenvalue weighted by atomic mass is 32.2. The number of hydrogen-bond acceptors (Lipinski definition) is 4. The van der Waals surface area contributed by atoms with E-state index in [0.29, 0.717) is 6.54 Å². The number of benzene rings is 3. The summed E-state index contributed by atoms with van der Waals surface area (Å²) in [7, 11) is -7.78. The average Bonchev–Trinajstić information content (AvgIpc) is 3.26. The van der Waals surface area contributed by atoms with E-state index in [2.05, 4.69) is 4.40 Å². The van der Waals surface area contributed by atoms with Crippen LogP contribution in [0.1, 0.15) is 29.8 Å². The lowest BCUT2D eigenvalue weighted by molar-refractivity contribution is 0.284. The topological polar surface area (TPSA) is 87.1 Å². The maximum absolute atomic E-state index is 13.6. The van der Waals surface area contributed by atoms with Gasteiger partial charge in [0.15, 0.2) is 0 Å². The molecule has 3 aromatic carbocycles. The van der Waals surface area contributed by atoms with Gasteiger partial charge in [-0.05, 0) is 50.6 Å². The van der Waals surface area contributed by atoms with E-state index in [1.165, 1.54) is 16.4 Å². The van der Waals surface area contributed by atoms with Crippen molar-refractivity contribution in [3.8, 4) is 0 Å². The van der Waals surface area contributed by atoms with E-state index >= 15 is 0 Å². The Bertz CT molecular complexity index is 1400. The first-order valence-electron chi connectivity index (χ1n) is 10.9. The highest BCUT2D eigenvalue weighted by Crippen LogP contribution is 2.35. The zero-order valence-electron chi connectivity index (χ0n) is 19.3. The van der Waals surface area contributed by atoms with Crippen LogP contribution in [0.4, 0.5) is 0 Å². The first-order valence-corrected chi connectivity index (χ1v) is 13.8. The van der Waals surface area contributed by atoms with Gasteiger partial charge in [0.2, 0.25) is 10.0 Å².